The lowest BCUT2D eigenvalue weighted by Crippen LogP contribution is -2.20. The highest BCUT2D eigenvalue weighted by Gasteiger charge is 2.17. The first kappa shape index (κ1) is 11.0. The Morgan fingerprint density at radius 1 is 1.64 bits per heavy atom. The van der Waals surface area contributed by atoms with Gasteiger partial charge in [-0.2, -0.15) is 0 Å². The number of thioether (sulfide) groups is 1. The van der Waals surface area contributed by atoms with Crippen LogP contribution in [0.5, 0.6) is 0 Å². The molecule has 0 amide bonds. The van der Waals surface area contributed by atoms with Gasteiger partial charge in [-0.15, -0.1) is 0 Å². The average molecular weight is 212 g/mol. The highest BCUT2D eigenvalue weighted by molar-refractivity contribution is 8.00. The van der Waals surface area contributed by atoms with Crippen LogP contribution in [0, 0.1) is 0 Å². The highest BCUT2D eigenvalue weighted by Crippen LogP contribution is 2.22. The first-order valence-corrected chi connectivity index (χ1v) is 5.12. The van der Waals surface area contributed by atoms with Crippen LogP contribution in [0.4, 0.5) is 0 Å². The summed E-state index contributed by atoms with van der Waals surface area (Å²) in [6.07, 6.45) is 2.10. The number of aromatic nitrogens is 1. The van der Waals surface area contributed by atoms with Gasteiger partial charge in [-0.1, -0.05) is 17.8 Å². The molecule has 0 saturated carbocycles. The van der Waals surface area contributed by atoms with Crippen LogP contribution in [0.25, 0.3) is 0 Å². The van der Waals surface area contributed by atoms with E-state index in [-0.39, 0.29) is 0 Å². The van der Waals surface area contributed by atoms with Gasteiger partial charge in [-0.3, -0.25) is 4.79 Å². The Morgan fingerprint density at radius 2 is 2.43 bits per heavy atom. The molecule has 0 aromatic carbocycles. The minimum atomic E-state index is -0.842. The molecule has 5 heteroatoms. The number of carbonyl (C=O) groups is 1. The van der Waals surface area contributed by atoms with E-state index in [2.05, 4.69) is 4.98 Å². The Kier molecular flexibility index (Phi) is 4.42. The lowest BCUT2D eigenvalue weighted by atomic mass is 10.3. The molecule has 1 aromatic rings. The van der Waals surface area contributed by atoms with Gasteiger partial charge >= 0.3 is 5.97 Å². The molecule has 0 aliphatic rings. The molecule has 1 heterocycles. The Hall–Kier alpha value is -1.07. The molecular weight excluding hydrogens is 200 g/mol. The number of hydrogen-bond acceptors (Lipinski definition) is 4. The molecule has 3 N–H and O–H groups in total. The normalized spacial score (nSPS) is 12.4. The molecule has 0 aliphatic heterocycles. The fourth-order valence-electron chi connectivity index (χ4n) is 0.947. The number of rotatable bonds is 5. The molecule has 1 atom stereocenters. The number of pyridine rings is 1. The van der Waals surface area contributed by atoms with Crippen molar-refractivity contribution in [1.29, 1.82) is 0 Å². The van der Waals surface area contributed by atoms with E-state index >= 15 is 0 Å². The number of carboxylic acids is 1. The molecule has 0 aliphatic carbocycles. The highest BCUT2D eigenvalue weighted by atomic mass is 32.2. The maximum atomic E-state index is 10.8. The van der Waals surface area contributed by atoms with Crippen molar-refractivity contribution < 1.29 is 9.90 Å². The minimum Gasteiger partial charge on any atom is -0.480 e. The van der Waals surface area contributed by atoms with Crippen molar-refractivity contribution in [2.45, 2.75) is 16.7 Å². The fraction of sp³-hybridized carbons (Fsp3) is 0.333. The van der Waals surface area contributed by atoms with Crippen molar-refractivity contribution in [3.63, 3.8) is 0 Å². The standard InChI is InChI=1S/C9H12N2O2S/c10-5-4-7(9(12)13)14-8-3-1-2-6-11-8/h1-3,6-7H,4-5,10H2,(H,12,13). The molecule has 4 nitrogen and oxygen atoms in total. The number of aliphatic carboxylic acids is 1. The summed E-state index contributed by atoms with van der Waals surface area (Å²) in [5, 5.41) is 9.07. The quantitative estimate of drug-likeness (QED) is 0.711. The molecule has 0 bridgehead atoms. The number of carboxylic acid groups (broad SMARTS) is 1. The summed E-state index contributed by atoms with van der Waals surface area (Å²) < 4.78 is 0. The van der Waals surface area contributed by atoms with Gasteiger partial charge in [0, 0.05) is 6.20 Å². The van der Waals surface area contributed by atoms with E-state index in [4.69, 9.17) is 10.8 Å². The smallest absolute Gasteiger partial charge is 0.317 e. The Bertz CT molecular complexity index is 292. The number of nitrogens with two attached hydrogens (primary N) is 1. The van der Waals surface area contributed by atoms with Crippen molar-refractivity contribution in [1.82, 2.24) is 4.98 Å². The summed E-state index contributed by atoms with van der Waals surface area (Å²) in [5.74, 6) is -0.842. The molecule has 0 fully saturated rings. The summed E-state index contributed by atoms with van der Waals surface area (Å²) >= 11 is 1.23. The van der Waals surface area contributed by atoms with E-state index < -0.39 is 11.2 Å². The fourth-order valence-corrected chi connectivity index (χ4v) is 1.87. The summed E-state index contributed by atoms with van der Waals surface area (Å²) in [4.78, 5) is 14.8. The second-order valence-electron chi connectivity index (χ2n) is 2.69. The summed E-state index contributed by atoms with van der Waals surface area (Å²) in [6.45, 7) is 0.372. The van der Waals surface area contributed by atoms with Gasteiger partial charge in [0.25, 0.3) is 0 Å². The Balaban J connectivity index is 2.60. The first-order chi connectivity index (χ1) is 6.74. The molecular formula is C9H12N2O2S. The summed E-state index contributed by atoms with van der Waals surface area (Å²) in [5.41, 5.74) is 5.32. The lowest BCUT2D eigenvalue weighted by Gasteiger charge is -2.09. The summed E-state index contributed by atoms with van der Waals surface area (Å²) in [7, 11) is 0. The molecule has 1 unspecified atom stereocenters. The van der Waals surface area contributed by atoms with Crippen molar-refractivity contribution in [3.05, 3.63) is 24.4 Å². The van der Waals surface area contributed by atoms with Crippen molar-refractivity contribution >= 4 is 17.7 Å². The third kappa shape index (κ3) is 3.35. The largest absolute Gasteiger partial charge is 0.480 e. The van der Waals surface area contributed by atoms with Crippen LogP contribution < -0.4 is 5.73 Å². The van der Waals surface area contributed by atoms with Crippen molar-refractivity contribution in [3.8, 4) is 0 Å². The monoisotopic (exact) mass is 212 g/mol. The van der Waals surface area contributed by atoms with Gasteiger partial charge in [-0.05, 0) is 25.1 Å². The van der Waals surface area contributed by atoms with E-state index in [0.717, 1.165) is 0 Å². The molecule has 1 aromatic heterocycles. The summed E-state index contributed by atoms with van der Waals surface area (Å²) in [6, 6.07) is 5.41. The Labute approximate surface area is 86.5 Å². The molecule has 14 heavy (non-hydrogen) atoms. The molecule has 0 saturated heterocycles. The van der Waals surface area contributed by atoms with Crippen LogP contribution >= 0.6 is 11.8 Å². The van der Waals surface area contributed by atoms with E-state index in [1.807, 2.05) is 6.07 Å². The van der Waals surface area contributed by atoms with E-state index in [1.54, 1.807) is 18.3 Å². The van der Waals surface area contributed by atoms with Crippen LogP contribution in [0.15, 0.2) is 29.4 Å². The van der Waals surface area contributed by atoms with Gasteiger partial charge in [0.2, 0.25) is 0 Å². The molecule has 1 rings (SSSR count). The van der Waals surface area contributed by atoms with E-state index in [9.17, 15) is 4.79 Å². The molecule has 76 valence electrons. The number of hydrogen-bond donors (Lipinski definition) is 2. The third-order valence-corrected chi connectivity index (χ3v) is 2.81. The average Bonchev–Trinajstić information content (AvgIpc) is 2.18. The van der Waals surface area contributed by atoms with Gasteiger partial charge in [0.05, 0.1) is 5.03 Å². The predicted octanol–water partition coefficient (Wildman–Crippen LogP) is 0.976. The maximum absolute atomic E-state index is 10.8. The second kappa shape index (κ2) is 5.62. The third-order valence-electron chi connectivity index (χ3n) is 1.61. The molecule has 0 spiro atoms. The van der Waals surface area contributed by atoms with Gasteiger partial charge in [-0.25, -0.2) is 4.98 Å². The van der Waals surface area contributed by atoms with Crippen LogP contribution in [0.3, 0.4) is 0 Å². The van der Waals surface area contributed by atoms with Crippen molar-refractivity contribution in [2.75, 3.05) is 6.54 Å². The lowest BCUT2D eigenvalue weighted by molar-refractivity contribution is -0.136. The predicted molar refractivity (Wildman–Crippen MR) is 55.2 cm³/mol. The maximum Gasteiger partial charge on any atom is 0.317 e. The van der Waals surface area contributed by atoms with Crippen molar-refractivity contribution in [2.24, 2.45) is 5.73 Å². The topological polar surface area (TPSA) is 76.2 Å². The van der Waals surface area contributed by atoms with Crippen LogP contribution in [-0.4, -0.2) is 27.9 Å². The van der Waals surface area contributed by atoms with E-state index in [1.165, 1.54) is 11.8 Å². The minimum absolute atomic E-state index is 0.372. The van der Waals surface area contributed by atoms with Gasteiger partial charge < -0.3 is 10.8 Å². The first-order valence-electron chi connectivity index (χ1n) is 4.24. The van der Waals surface area contributed by atoms with Crippen LogP contribution in [0.1, 0.15) is 6.42 Å². The Morgan fingerprint density at radius 3 is 2.93 bits per heavy atom. The zero-order valence-electron chi connectivity index (χ0n) is 7.59. The zero-order chi connectivity index (χ0) is 10.4. The second-order valence-corrected chi connectivity index (χ2v) is 3.91. The van der Waals surface area contributed by atoms with Crippen LogP contribution in [0.2, 0.25) is 0 Å². The molecule has 0 radical (unpaired) electrons. The van der Waals surface area contributed by atoms with Gasteiger partial charge in [0.15, 0.2) is 0 Å². The van der Waals surface area contributed by atoms with E-state index in [0.29, 0.717) is 18.0 Å². The van der Waals surface area contributed by atoms with Gasteiger partial charge in [0.1, 0.15) is 5.25 Å². The SMILES string of the molecule is NCCC(Sc1ccccn1)C(=O)O. The number of nitrogens with zero attached hydrogens (tertiary/aromatic N) is 1. The van der Waals surface area contributed by atoms with Crippen LogP contribution in [-0.2, 0) is 4.79 Å². The zero-order valence-corrected chi connectivity index (χ0v) is 8.41.